The van der Waals surface area contributed by atoms with Crippen LogP contribution in [-0.4, -0.2) is 38.1 Å². The van der Waals surface area contributed by atoms with Gasteiger partial charge < -0.3 is 14.2 Å². The molecule has 0 amide bonds. The highest BCUT2D eigenvalue weighted by atomic mass is 16.5. The molecule has 4 nitrogen and oxygen atoms in total. The molecule has 3 aliphatic rings. The van der Waals surface area contributed by atoms with Gasteiger partial charge >= 0.3 is 0 Å². The monoisotopic (exact) mass is 261 g/mol. The molecular weight excluding hydrogens is 242 g/mol. The van der Waals surface area contributed by atoms with Gasteiger partial charge in [-0.1, -0.05) is 24.3 Å². The first-order valence-electron chi connectivity index (χ1n) is 6.97. The summed E-state index contributed by atoms with van der Waals surface area (Å²) in [7, 11) is 0. The minimum Gasteiger partial charge on any atom is -0.381 e. The van der Waals surface area contributed by atoms with Gasteiger partial charge in [-0.3, -0.25) is 0 Å². The van der Waals surface area contributed by atoms with Crippen molar-refractivity contribution in [3.63, 3.8) is 0 Å². The molecule has 3 atom stereocenters. The van der Waals surface area contributed by atoms with Crippen LogP contribution in [0.3, 0.4) is 0 Å². The molecule has 0 bridgehead atoms. The predicted molar refractivity (Wildman–Crippen MR) is 69.4 cm³/mol. The van der Waals surface area contributed by atoms with E-state index >= 15 is 0 Å². The largest absolute Gasteiger partial charge is 0.381 e. The lowest BCUT2D eigenvalue weighted by molar-refractivity contribution is -0.148. The van der Waals surface area contributed by atoms with Crippen molar-refractivity contribution in [2.75, 3.05) is 19.8 Å². The third kappa shape index (κ3) is 2.34. The van der Waals surface area contributed by atoms with Crippen LogP contribution in [0.1, 0.15) is 19.3 Å². The molecule has 1 aliphatic carbocycles. The van der Waals surface area contributed by atoms with Gasteiger partial charge in [0.2, 0.25) is 0 Å². The minimum atomic E-state index is -0.661. The van der Waals surface area contributed by atoms with Gasteiger partial charge in [0.05, 0.1) is 18.3 Å². The van der Waals surface area contributed by atoms with Crippen LogP contribution in [0.5, 0.6) is 0 Å². The zero-order valence-corrected chi connectivity index (χ0v) is 11.0. The molecule has 2 fully saturated rings. The molecule has 19 heavy (non-hydrogen) atoms. The van der Waals surface area contributed by atoms with E-state index in [4.69, 9.17) is 14.2 Å². The van der Waals surface area contributed by atoms with Crippen molar-refractivity contribution in [1.82, 2.24) is 0 Å². The molecule has 2 saturated heterocycles. The lowest BCUT2D eigenvalue weighted by Crippen LogP contribution is -2.51. The van der Waals surface area contributed by atoms with Crippen LogP contribution in [0.15, 0.2) is 24.3 Å². The summed E-state index contributed by atoms with van der Waals surface area (Å²) < 4.78 is 17.1. The van der Waals surface area contributed by atoms with Gasteiger partial charge in [-0.05, 0) is 19.3 Å². The molecule has 0 N–H and O–H groups in total. The Kier molecular flexibility index (Phi) is 3.69. The van der Waals surface area contributed by atoms with Gasteiger partial charge in [0.1, 0.15) is 11.5 Å². The smallest absolute Gasteiger partial charge is 0.131 e. The molecule has 102 valence electrons. The first kappa shape index (κ1) is 12.9. The van der Waals surface area contributed by atoms with Crippen molar-refractivity contribution in [2.45, 2.75) is 37.6 Å². The maximum absolute atomic E-state index is 9.66. The van der Waals surface area contributed by atoms with E-state index in [0.717, 1.165) is 39.1 Å². The van der Waals surface area contributed by atoms with E-state index in [1.165, 1.54) is 0 Å². The standard InChI is InChI=1S/C15H19NO3/c16-11-15(13-6-10-18-13)7-2-1-3-14(15)19-12-4-8-17-9-5-12/h1-3,7,12-14H,4-6,8-10H2. The molecule has 4 heteroatoms. The maximum atomic E-state index is 9.66. The van der Waals surface area contributed by atoms with Crippen LogP contribution in [0.2, 0.25) is 0 Å². The summed E-state index contributed by atoms with van der Waals surface area (Å²) in [5, 5.41) is 9.66. The second kappa shape index (κ2) is 5.46. The van der Waals surface area contributed by atoms with Gasteiger partial charge in [0.15, 0.2) is 0 Å². The minimum absolute atomic E-state index is 0.0384. The number of hydrogen-bond acceptors (Lipinski definition) is 4. The SMILES string of the molecule is N#CC1(C2CCO2)C=CC=CC1OC1CCOCC1. The molecule has 3 unspecified atom stereocenters. The van der Waals surface area contributed by atoms with Gasteiger partial charge in [0, 0.05) is 19.8 Å². The molecular formula is C15H19NO3. The first-order valence-corrected chi connectivity index (χ1v) is 6.97. The molecule has 2 heterocycles. The van der Waals surface area contributed by atoms with E-state index in [1.807, 2.05) is 24.3 Å². The molecule has 0 aromatic carbocycles. The van der Waals surface area contributed by atoms with Crippen molar-refractivity contribution in [2.24, 2.45) is 5.41 Å². The Hall–Kier alpha value is -1.15. The summed E-state index contributed by atoms with van der Waals surface area (Å²) in [5.74, 6) is 0. The Morgan fingerprint density at radius 1 is 1.16 bits per heavy atom. The van der Waals surface area contributed by atoms with E-state index < -0.39 is 5.41 Å². The summed E-state index contributed by atoms with van der Waals surface area (Å²) in [5.41, 5.74) is -0.661. The maximum Gasteiger partial charge on any atom is 0.131 e. The zero-order chi connectivity index (χ0) is 13.1. The molecule has 0 radical (unpaired) electrons. The quantitative estimate of drug-likeness (QED) is 0.779. The van der Waals surface area contributed by atoms with Gasteiger partial charge in [0.25, 0.3) is 0 Å². The Bertz CT molecular complexity index is 416. The molecule has 0 saturated carbocycles. The number of allylic oxidation sites excluding steroid dienone is 2. The van der Waals surface area contributed by atoms with Crippen molar-refractivity contribution >= 4 is 0 Å². The fourth-order valence-electron chi connectivity index (χ4n) is 2.89. The number of nitrogens with zero attached hydrogens (tertiary/aromatic N) is 1. The Morgan fingerprint density at radius 3 is 2.58 bits per heavy atom. The summed E-state index contributed by atoms with van der Waals surface area (Å²) in [4.78, 5) is 0. The third-order valence-corrected chi connectivity index (χ3v) is 4.17. The summed E-state index contributed by atoms with van der Waals surface area (Å²) in [6, 6.07) is 2.44. The van der Waals surface area contributed by atoms with Gasteiger partial charge in [-0.2, -0.15) is 5.26 Å². The number of rotatable bonds is 3. The Morgan fingerprint density at radius 2 is 1.95 bits per heavy atom. The third-order valence-electron chi connectivity index (χ3n) is 4.17. The van der Waals surface area contributed by atoms with Crippen LogP contribution in [0.4, 0.5) is 0 Å². The summed E-state index contributed by atoms with van der Waals surface area (Å²) in [6.07, 6.45) is 10.5. The molecule has 2 aliphatic heterocycles. The predicted octanol–water partition coefficient (Wildman–Crippen LogP) is 1.98. The van der Waals surface area contributed by atoms with Gasteiger partial charge in [-0.15, -0.1) is 0 Å². The fourth-order valence-corrected chi connectivity index (χ4v) is 2.89. The zero-order valence-electron chi connectivity index (χ0n) is 11.0. The van der Waals surface area contributed by atoms with E-state index in [-0.39, 0.29) is 18.3 Å². The Balaban J connectivity index is 1.75. The molecule has 0 spiro atoms. The summed E-state index contributed by atoms with van der Waals surface area (Å²) >= 11 is 0. The highest BCUT2D eigenvalue weighted by molar-refractivity contribution is 5.31. The second-order valence-electron chi connectivity index (χ2n) is 5.31. The van der Waals surface area contributed by atoms with Crippen molar-refractivity contribution in [3.8, 4) is 6.07 Å². The van der Waals surface area contributed by atoms with E-state index in [0.29, 0.717) is 0 Å². The Labute approximate surface area is 113 Å². The average molecular weight is 261 g/mol. The van der Waals surface area contributed by atoms with E-state index in [1.54, 1.807) is 0 Å². The fraction of sp³-hybridized carbons (Fsp3) is 0.667. The van der Waals surface area contributed by atoms with E-state index in [2.05, 4.69) is 6.07 Å². The number of hydrogen-bond donors (Lipinski definition) is 0. The second-order valence-corrected chi connectivity index (χ2v) is 5.31. The normalized spacial score (nSPS) is 38.7. The molecule has 3 rings (SSSR count). The summed E-state index contributed by atoms with van der Waals surface area (Å²) in [6.45, 7) is 2.24. The topological polar surface area (TPSA) is 51.5 Å². The van der Waals surface area contributed by atoms with E-state index in [9.17, 15) is 5.26 Å². The molecule has 0 aromatic heterocycles. The van der Waals surface area contributed by atoms with Crippen molar-refractivity contribution in [1.29, 1.82) is 5.26 Å². The molecule has 0 aromatic rings. The number of ether oxygens (including phenoxy) is 3. The van der Waals surface area contributed by atoms with Crippen LogP contribution in [-0.2, 0) is 14.2 Å². The van der Waals surface area contributed by atoms with Crippen molar-refractivity contribution < 1.29 is 14.2 Å². The van der Waals surface area contributed by atoms with Gasteiger partial charge in [-0.25, -0.2) is 0 Å². The van der Waals surface area contributed by atoms with Crippen LogP contribution in [0.25, 0.3) is 0 Å². The highest BCUT2D eigenvalue weighted by Crippen LogP contribution is 2.41. The van der Waals surface area contributed by atoms with Crippen LogP contribution >= 0.6 is 0 Å². The average Bonchev–Trinajstić information content (AvgIpc) is 2.40. The lowest BCUT2D eigenvalue weighted by atomic mass is 9.73. The lowest BCUT2D eigenvalue weighted by Gasteiger charge is -2.44. The van der Waals surface area contributed by atoms with Crippen LogP contribution in [0, 0.1) is 16.7 Å². The number of nitriles is 1. The highest BCUT2D eigenvalue weighted by Gasteiger charge is 2.49. The van der Waals surface area contributed by atoms with Crippen molar-refractivity contribution in [3.05, 3.63) is 24.3 Å². The van der Waals surface area contributed by atoms with Crippen LogP contribution < -0.4 is 0 Å². The first-order chi connectivity index (χ1) is 9.35.